The predicted octanol–water partition coefficient (Wildman–Crippen LogP) is 4.76. The average molecular weight is 478 g/mol. The largest absolute Gasteiger partial charge is 0.416 e. The Morgan fingerprint density at radius 3 is 2.53 bits per heavy atom. The van der Waals surface area contributed by atoms with E-state index in [0.717, 1.165) is 42.0 Å². The van der Waals surface area contributed by atoms with Crippen LogP contribution in [0.5, 0.6) is 0 Å². The van der Waals surface area contributed by atoms with E-state index in [0.29, 0.717) is 43.8 Å². The van der Waals surface area contributed by atoms with Crippen molar-refractivity contribution in [2.45, 2.75) is 76.4 Å². The molecule has 0 saturated carbocycles. The number of anilines is 1. The molecule has 34 heavy (non-hydrogen) atoms. The Hall–Kier alpha value is -2.68. The fourth-order valence-corrected chi connectivity index (χ4v) is 4.39. The van der Waals surface area contributed by atoms with Crippen LogP contribution < -0.4 is 16.4 Å². The fourth-order valence-electron chi connectivity index (χ4n) is 4.39. The number of fused-ring (bicyclic) bond motifs is 1. The Morgan fingerprint density at radius 1 is 1.18 bits per heavy atom. The summed E-state index contributed by atoms with van der Waals surface area (Å²) in [5.74, 6) is 0.434. The minimum absolute atomic E-state index is 0.210. The van der Waals surface area contributed by atoms with Crippen molar-refractivity contribution in [3.8, 4) is 0 Å². The van der Waals surface area contributed by atoms with Crippen LogP contribution in [0.25, 0.3) is 0 Å². The van der Waals surface area contributed by atoms with E-state index in [1.807, 2.05) is 13.8 Å². The lowest BCUT2D eigenvalue weighted by Crippen LogP contribution is -2.34. The van der Waals surface area contributed by atoms with Gasteiger partial charge in [0.2, 0.25) is 5.91 Å². The lowest BCUT2D eigenvalue weighted by molar-refractivity contribution is -0.137. The monoisotopic (exact) mass is 477 g/mol. The second kappa shape index (κ2) is 10.7. The van der Waals surface area contributed by atoms with Crippen LogP contribution in [0.3, 0.4) is 0 Å². The number of nitrogens with one attached hydrogen (secondary N) is 2. The first-order valence-electron chi connectivity index (χ1n) is 11.8. The summed E-state index contributed by atoms with van der Waals surface area (Å²) in [6.07, 6.45) is 1.03. The number of hydrogen-bond donors (Lipinski definition) is 3. The van der Waals surface area contributed by atoms with Gasteiger partial charge in [-0.05, 0) is 63.1 Å². The van der Waals surface area contributed by atoms with Crippen molar-refractivity contribution in [3.63, 3.8) is 0 Å². The molecule has 0 aliphatic heterocycles. The first kappa shape index (κ1) is 25.9. The number of carbonyl (C=O) groups is 1. The summed E-state index contributed by atoms with van der Waals surface area (Å²) in [5, 5.41) is 6.21. The van der Waals surface area contributed by atoms with Crippen LogP contribution in [-0.4, -0.2) is 34.5 Å². The molecular formula is C25H34F3N5O. The first-order chi connectivity index (χ1) is 16.0. The summed E-state index contributed by atoms with van der Waals surface area (Å²) in [6, 6.07) is 4.84. The minimum atomic E-state index is -4.41. The molecule has 4 N–H and O–H groups in total. The van der Waals surface area contributed by atoms with E-state index in [2.05, 4.69) is 27.5 Å². The van der Waals surface area contributed by atoms with Crippen LogP contribution >= 0.6 is 0 Å². The molecule has 0 spiro atoms. The van der Waals surface area contributed by atoms with Crippen LogP contribution in [0.15, 0.2) is 30.6 Å². The number of amides is 1. The number of nitrogens with two attached hydrogens (primary N) is 1. The van der Waals surface area contributed by atoms with Gasteiger partial charge in [0.05, 0.1) is 11.5 Å². The lowest BCUT2D eigenvalue weighted by atomic mass is 9.89. The Labute approximate surface area is 198 Å². The van der Waals surface area contributed by atoms with E-state index in [4.69, 9.17) is 5.73 Å². The van der Waals surface area contributed by atoms with Crippen molar-refractivity contribution in [1.29, 1.82) is 0 Å². The zero-order chi connectivity index (χ0) is 24.9. The van der Waals surface area contributed by atoms with Gasteiger partial charge in [0.25, 0.3) is 0 Å². The van der Waals surface area contributed by atoms with E-state index in [-0.39, 0.29) is 11.4 Å². The van der Waals surface area contributed by atoms with Crippen LogP contribution in [0, 0.1) is 0 Å². The van der Waals surface area contributed by atoms with Gasteiger partial charge < -0.3 is 16.4 Å². The van der Waals surface area contributed by atoms with Crippen molar-refractivity contribution in [2.75, 3.05) is 18.4 Å². The minimum Gasteiger partial charge on any atom is -0.368 e. The molecule has 186 valence electrons. The van der Waals surface area contributed by atoms with Crippen LogP contribution in [0.4, 0.5) is 19.0 Å². The summed E-state index contributed by atoms with van der Waals surface area (Å²) < 4.78 is 38.9. The van der Waals surface area contributed by atoms with Crippen molar-refractivity contribution in [1.82, 2.24) is 15.3 Å². The van der Waals surface area contributed by atoms with Gasteiger partial charge in [0.15, 0.2) is 0 Å². The molecule has 1 amide bonds. The van der Waals surface area contributed by atoms with E-state index in [9.17, 15) is 18.0 Å². The molecule has 1 aliphatic carbocycles. The van der Waals surface area contributed by atoms with Gasteiger partial charge in [-0.15, -0.1) is 0 Å². The molecule has 2 aromatic rings. The van der Waals surface area contributed by atoms with Crippen LogP contribution in [-0.2, 0) is 17.4 Å². The Balaban J connectivity index is 1.61. The number of hydrogen-bond acceptors (Lipinski definition) is 5. The van der Waals surface area contributed by atoms with Crippen LogP contribution in [0.2, 0.25) is 0 Å². The molecule has 0 radical (unpaired) electrons. The maximum atomic E-state index is 13.0. The maximum absolute atomic E-state index is 13.0. The third kappa shape index (κ3) is 6.91. The van der Waals surface area contributed by atoms with Gasteiger partial charge in [-0.3, -0.25) is 4.79 Å². The zero-order valence-corrected chi connectivity index (χ0v) is 20.0. The topological polar surface area (TPSA) is 92.9 Å². The van der Waals surface area contributed by atoms with Gasteiger partial charge in [-0.1, -0.05) is 25.5 Å². The van der Waals surface area contributed by atoms with E-state index >= 15 is 0 Å². The quantitative estimate of drug-likeness (QED) is 0.429. The van der Waals surface area contributed by atoms with Gasteiger partial charge in [-0.25, -0.2) is 9.97 Å². The third-order valence-corrected chi connectivity index (χ3v) is 6.26. The highest BCUT2D eigenvalue weighted by molar-refractivity contribution is 5.83. The summed E-state index contributed by atoms with van der Waals surface area (Å²) in [6.45, 7) is 6.83. The van der Waals surface area contributed by atoms with Gasteiger partial charge in [-0.2, -0.15) is 13.2 Å². The number of halogens is 3. The Kier molecular flexibility index (Phi) is 8.17. The molecule has 0 saturated heterocycles. The second-order valence-corrected chi connectivity index (χ2v) is 9.79. The van der Waals surface area contributed by atoms with E-state index < -0.39 is 17.7 Å². The molecular weight excluding hydrogens is 443 g/mol. The molecule has 2 atom stereocenters. The fraction of sp³-hybridized carbons (Fsp3) is 0.560. The summed E-state index contributed by atoms with van der Waals surface area (Å²) in [5.41, 5.74) is 7.73. The highest BCUT2D eigenvalue weighted by Crippen LogP contribution is 2.35. The molecule has 9 heteroatoms. The van der Waals surface area contributed by atoms with Gasteiger partial charge in [0, 0.05) is 29.9 Å². The molecule has 3 rings (SSSR count). The van der Waals surface area contributed by atoms with Gasteiger partial charge >= 0.3 is 6.18 Å². The summed E-state index contributed by atoms with van der Waals surface area (Å²) in [4.78, 5) is 21.7. The number of carbonyl (C=O) groups excluding carboxylic acids is 1. The summed E-state index contributed by atoms with van der Waals surface area (Å²) in [7, 11) is 0. The normalized spacial score (nSPS) is 16.7. The van der Waals surface area contributed by atoms with Gasteiger partial charge in [0.1, 0.15) is 12.1 Å². The lowest BCUT2D eigenvalue weighted by Gasteiger charge is -2.22. The summed E-state index contributed by atoms with van der Waals surface area (Å²) >= 11 is 0. The first-order valence-corrected chi connectivity index (χ1v) is 11.8. The molecule has 1 aromatic carbocycles. The molecule has 1 heterocycles. The highest BCUT2D eigenvalue weighted by atomic mass is 19.4. The molecule has 0 unspecified atom stereocenters. The number of nitrogens with zero attached hydrogens (tertiary/aromatic N) is 2. The standard InChI is InChI=1S/C25H34F3N5O/c1-16-6-11-20-21(16)22(33-15-32-20)30-13-14-31-23(34)19(5-4-12-24(2,3)29)17-7-9-18(10-8-17)25(26,27)28/h7-10,15-16,19H,4-6,11-14,29H2,1-3H3,(H,31,34)(H,30,32,33)/t16-,19-/m1/s1. The number of benzene rings is 1. The Bertz CT molecular complexity index is 970. The average Bonchev–Trinajstić information content (AvgIpc) is 3.14. The smallest absolute Gasteiger partial charge is 0.368 e. The van der Waals surface area contributed by atoms with Crippen molar-refractivity contribution in [3.05, 3.63) is 53.0 Å². The predicted molar refractivity (Wildman–Crippen MR) is 127 cm³/mol. The SMILES string of the molecule is C[C@@H]1CCc2ncnc(NCCNC(=O)[C@H](CCCC(C)(C)N)c3ccc(C(F)(F)F)cc3)c21. The van der Waals surface area contributed by atoms with Crippen molar-refractivity contribution < 1.29 is 18.0 Å². The highest BCUT2D eigenvalue weighted by Gasteiger charge is 2.31. The molecule has 6 nitrogen and oxygen atoms in total. The number of aromatic nitrogens is 2. The molecule has 1 aromatic heterocycles. The molecule has 0 fully saturated rings. The van der Waals surface area contributed by atoms with E-state index in [1.165, 1.54) is 12.1 Å². The number of aryl methyl sites for hydroxylation is 1. The second-order valence-electron chi connectivity index (χ2n) is 9.79. The van der Waals surface area contributed by atoms with Crippen LogP contribution in [0.1, 0.15) is 80.7 Å². The number of rotatable bonds is 10. The molecule has 1 aliphatic rings. The van der Waals surface area contributed by atoms with E-state index in [1.54, 1.807) is 6.33 Å². The number of alkyl halides is 3. The zero-order valence-electron chi connectivity index (χ0n) is 20.0. The van der Waals surface area contributed by atoms with Crippen molar-refractivity contribution in [2.24, 2.45) is 5.73 Å². The molecule has 0 bridgehead atoms. The maximum Gasteiger partial charge on any atom is 0.416 e. The third-order valence-electron chi connectivity index (χ3n) is 6.26. The van der Waals surface area contributed by atoms with Crippen molar-refractivity contribution >= 4 is 11.7 Å². The Morgan fingerprint density at radius 2 is 1.88 bits per heavy atom.